The summed E-state index contributed by atoms with van der Waals surface area (Å²) >= 11 is 0. The SMILES string of the molecule is Cc1ccc(C(=O)/C=C/c2ccccc2)c(O)c1. The summed E-state index contributed by atoms with van der Waals surface area (Å²) in [4.78, 5) is 11.9. The molecule has 2 heteroatoms. The third-order valence-corrected chi connectivity index (χ3v) is 2.65. The van der Waals surface area contributed by atoms with Gasteiger partial charge < -0.3 is 5.11 Å². The molecule has 0 amide bonds. The van der Waals surface area contributed by atoms with Crippen LogP contribution in [0.15, 0.2) is 54.6 Å². The summed E-state index contributed by atoms with van der Waals surface area (Å²) in [5.74, 6) is -0.172. The largest absolute Gasteiger partial charge is 0.507 e. The second-order valence-corrected chi connectivity index (χ2v) is 4.13. The first-order chi connectivity index (χ1) is 8.66. The van der Waals surface area contributed by atoms with Crippen LogP contribution in [0.25, 0.3) is 6.08 Å². The maximum atomic E-state index is 11.9. The molecule has 0 heterocycles. The van der Waals surface area contributed by atoms with Crippen molar-refractivity contribution >= 4 is 11.9 Å². The molecular formula is C16H14O2. The summed E-state index contributed by atoms with van der Waals surface area (Å²) in [5.41, 5.74) is 2.21. The zero-order valence-electron chi connectivity index (χ0n) is 10.1. The van der Waals surface area contributed by atoms with E-state index in [1.165, 1.54) is 6.08 Å². The number of hydrogen-bond donors (Lipinski definition) is 1. The minimum Gasteiger partial charge on any atom is -0.507 e. The minimum atomic E-state index is -0.198. The molecule has 0 saturated heterocycles. The number of carbonyl (C=O) groups excluding carboxylic acids is 1. The van der Waals surface area contributed by atoms with E-state index >= 15 is 0 Å². The van der Waals surface area contributed by atoms with Crippen molar-refractivity contribution in [2.24, 2.45) is 0 Å². The van der Waals surface area contributed by atoms with Crippen LogP contribution in [0.5, 0.6) is 5.75 Å². The summed E-state index contributed by atoms with van der Waals surface area (Å²) in [5, 5.41) is 9.70. The Morgan fingerprint density at radius 1 is 1.11 bits per heavy atom. The lowest BCUT2D eigenvalue weighted by atomic mass is 10.1. The van der Waals surface area contributed by atoms with Gasteiger partial charge in [0.1, 0.15) is 5.75 Å². The molecule has 2 nitrogen and oxygen atoms in total. The Morgan fingerprint density at radius 3 is 2.50 bits per heavy atom. The molecule has 2 aromatic rings. The van der Waals surface area contributed by atoms with Crippen LogP contribution in [0.1, 0.15) is 21.5 Å². The molecular weight excluding hydrogens is 224 g/mol. The number of carbonyl (C=O) groups is 1. The molecule has 2 aromatic carbocycles. The summed E-state index contributed by atoms with van der Waals surface area (Å²) < 4.78 is 0. The molecule has 0 aliphatic carbocycles. The molecule has 0 aliphatic heterocycles. The predicted octanol–water partition coefficient (Wildman–Crippen LogP) is 3.60. The lowest BCUT2D eigenvalue weighted by molar-refractivity contribution is 0.104. The van der Waals surface area contributed by atoms with Crippen LogP contribution >= 0.6 is 0 Å². The smallest absolute Gasteiger partial charge is 0.189 e. The molecule has 1 N–H and O–H groups in total. The Hall–Kier alpha value is -2.35. The van der Waals surface area contributed by atoms with Gasteiger partial charge in [0.15, 0.2) is 5.78 Å². The number of hydrogen-bond acceptors (Lipinski definition) is 2. The normalized spacial score (nSPS) is 10.7. The van der Waals surface area contributed by atoms with Gasteiger partial charge in [-0.3, -0.25) is 4.79 Å². The summed E-state index contributed by atoms with van der Waals surface area (Å²) in [6.07, 6.45) is 3.21. The van der Waals surface area contributed by atoms with E-state index in [1.54, 1.807) is 18.2 Å². The Kier molecular flexibility index (Phi) is 3.58. The Labute approximate surface area is 106 Å². The highest BCUT2D eigenvalue weighted by atomic mass is 16.3. The first kappa shape index (κ1) is 12.1. The van der Waals surface area contributed by atoms with Crippen molar-refractivity contribution in [3.05, 3.63) is 71.3 Å². The van der Waals surface area contributed by atoms with E-state index in [-0.39, 0.29) is 11.5 Å². The van der Waals surface area contributed by atoms with Crippen molar-refractivity contribution in [2.45, 2.75) is 6.92 Å². The Morgan fingerprint density at radius 2 is 1.83 bits per heavy atom. The van der Waals surface area contributed by atoms with Gasteiger partial charge in [-0.2, -0.15) is 0 Å². The van der Waals surface area contributed by atoms with Gasteiger partial charge >= 0.3 is 0 Å². The molecule has 0 radical (unpaired) electrons. The predicted molar refractivity (Wildman–Crippen MR) is 72.7 cm³/mol. The standard InChI is InChI=1S/C16H14O2/c1-12-7-9-14(16(18)11-12)15(17)10-8-13-5-3-2-4-6-13/h2-11,18H,1H3/b10-8+. The van der Waals surface area contributed by atoms with Crippen LogP contribution in [0.4, 0.5) is 0 Å². The lowest BCUT2D eigenvalue weighted by Gasteiger charge is -2.01. The van der Waals surface area contributed by atoms with Gasteiger partial charge in [0.25, 0.3) is 0 Å². The van der Waals surface area contributed by atoms with Crippen LogP contribution in [0, 0.1) is 6.92 Å². The molecule has 0 aromatic heterocycles. The van der Waals surface area contributed by atoms with Crippen LogP contribution in [-0.2, 0) is 0 Å². The average molecular weight is 238 g/mol. The van der Waals surface area contributed by atoms with Crippen LogP contribution in [-0.4, -0.2) is 10.9 Å². The van der Waals surface area contributed by atoms with E-state index in [4.69, 9.17) is 0 Å². The number of rotatable bonds is 3. The first-order valence-corrected chi connectivity index (χ1v) is 5.74. The number of allylic oxidation sites excluding steroid dienone is 1. The second kappa shape index (κ2) is 5.32. The Balaban J connectivity index is 2.20. The molecule has 2 rings (SSSR count). The second-order valence-electron chi connectivity index (χ2n) is 4.13. The van der Waals surface area contributed by atoms with Crippen molar-refractivity contribution in [2.75, 3.05) is 0 Å². The number of benzene rings is 2. The average Bonchev–Trinajstić information content (AvgIpc) is 2.37. The Bertz CT molecular complexity index is 583. The zero-order valence-corrected chi connectivity index (χ0v) is 10.1. The van der Waals surface area contributed by atoms with Crippen LogP contribution in [0.3, 0.4) is 0 Å². The first-order valence-electron chi connectivity index (χ1n) is 5.74. The number of aromatic hydroxyl groups is 1. The van der Waals surface area contributed by atoms with E-state index in [2.05, 4.69) is 0 Å². The van der Waals surface area contributed by atoms with Gasteiger partial charge in [-0.1, -0.05) is 42.5 Å². The minimum absolute atomic E-state index is 0.0257. The topological polar surface area (TPSA) is 37.3 Å². The van der Waals surface area contributed by atoms with Crippen LogP contribution < -0.4 is 0 Å². The van der Waals surface area contributed by atoms with E-state index in [0.29, 0.717) is 5.56 Å². The molecule has 0 bridgehead atoms. The maximum absolute atomic E-state index is 11.9. The number of phenolic OH excluding ortho intramolecular Hbond substituents is 1. The summed E-state index contributed by atoms with van der Waals surface area (Å²) in [6, 6.07) is 14.6. The molecule has 0 saturated carbocycles. The van der Waals surface area contributed by atoms with Crippen molar-refractivity contribution in [1.82, 2.24) is 0 Å². The molecule has 0 fully saturated rings. The van der Waals surface area contributed by atoms with Crippen molar-refractivity contribution < 1.29 is 9.90 Å². The molecule has 18 heavy (non-hydrogen) atoms. The van der Waals surface area contributed by atoms with E-state index in [1.807, 2.05) is 43.3 Å². The molecule has 0 aliphatic rings. The highest BCUT2D eigenvalue weighted by Crippen LogP contribution is 2.19. The van der Waals surface area contributed by atoms with Crippen molar-refractivity contribution in [1.29, 1.82) is 0 Å². The maximum Gasteiger partial charge on any atom is 0.189 e. The number of ketones is 1. The third kappa shape index (κ3) is 2.86. The van der Waals surface area contributed by atoms with E-state index in [0.717, 1.165) is 11.1 Å². The van der Waals surface area contributed by atoms with Crippen molar-refractivity contribution in [3.63, 3.8) is 0 Å². The van der Waals surface area contributed by atoms with Gasteiger partial charge in [0.05, 0.1) is 5.56 Å². The van der Waals surface area contributed by atoms with Gasteiger partial charge in [0.2, 0.25) is 0 Å². The summed E-state index contributed by atoms with van der Waals surface area (Å²) in [6.45, 7) is 1.87. The van der Waals surface area contributed by atoms with Gasteiger partial charge in [-0.25, -0.2) is 0 Å². The third-order valence-electron chi connectivity index (χ3n) is 2.65. The highest BCUT2D eigenvalue weighted by molar-refractivity contribution is 6.08. The zero-order chi connectivity index (χ0) is 13.0. The highest BCUT2D eigenvalue weighted by Gasteiger charge is 2.07. The lowest BCUT2D eigenvalue weighted by Crippen LogP contribution is -1.95. The fraction of sp³-hybridized carbons (Fsp3) is 0.0625. The van der Waals surface area contributed by atoms with Crippen molar-refractivity contribution in [3.8, 4) is 5.75 Å². The summed E-state index contributed by atoms with van der Waals surface area (Å²) in [7, 11) is 0. The van der Waals surface area contributed by atoms with Crippen LogP contribution in [0.2, 0.25) is 0 Å². The quantitative estimate of drug-likeness (QED) is 0.655. The fourth-order valence-corrected chi connectivity index (χ4v) is 1.68. The fourth-order valence-electron chi connectivity index (χ4n) is 1.68. The van der Waals surface area contributed by atoms with E-state index < -0.39 is 0 Å². The van der Waals surface area contributed by atoms with Gasteiger partial charge in [-0.05, 0) is 36.3 Å². The molecule has 0 spiro atoms. The molecule has 0 atom stereocenters. The van der Waals surface area contributed by atoms with Gasteiger partial charge in [0, 0.05) is 0 Å². The van der Waals surface area contributed by atoms with E-state index in [9.17, 15) is 9.90 Å². The molecule has 90 valence electrons. The number of aryl methyl sites for hydroxylation is 1. The number of phenols is 1. The van der Waals surface area contributed by atoms with Gasteiger partial charge in [-0.15, -0.1) is 0 Å². The molecule has 0 unspecified atom stereocenters. The monoisotopic (exact) mass is 238 g/mol.